The molecule has 10 heteroatoms. The molecule has 166 valence electrons. The van der Waals surface area contributed by atoms with E-state index in [0.717, 1.165) is 11.6 Å². The quantitative estimate of drug-likeness (QED) is 0.503. The van der Waals surface area contributed by atoms with Crippen molar-refractivity contribution in [2.45, 2.75) is 38.9 Å². The van der Waals surface area contributed by atoms with Crippen LogP contribution in [-0.2, 0) is 18.1 Å². The summed E-state index contributed by atoms with van der Waals surface area (Å²) in [6.45, 7) is 5.82. The van der Waals surface area contributed by atoms with Crippen LogP contribution in [0.15, 0.2) is 54.9 Å². The zero-order valence-electron chi connectivity index (χ0n) is 17.7. The summed E-state index contributed by atoms with van der Waals surface area (Å²) in [4.78, 5) is 17.0. The highest BCUT2D eigenvalue weighted by Crippen LogP contribution is 2.32. The van der Waals surface area contributed by atoms with E-state index in [1.807, 2.05) is 18.3 Å². The third-order valence-electron chi connectivity index (χ3n) is 4.81. The number of rotatable bonds is 4. The second kappa shape index (κ2) is 7.77. The first-order valence-corrected chi connectivity index (χ1v) is 9.87. The summed E-state index contributed by atoms with van der Waals surface area (Å²) in [6.07, 6.45) is -1.16. The van der Waals surface area contributed by atoms with E-state index in [1.165, 1.54) is 6.07 Å². The Kier molecular flexibility index (Phi) is 5.23. The first-order valence-electron chi connectivity index (χ1n) is 9.87. The molecule has 1 N–H and O–H groups in total. The van der Waals surface area contributed by atoms with Gasteiger partial charge in [-0.2, -0.15) is 23.4 Å². The number of nitrogens with zero attached hydrogens (tertiary/aromatic N) is 5. The Bertz CT molecular complexity index is 1270. The zero-order valence-corrected chi connectivity index (χ0v) is 17.7. The van der Waals surface area contributed by atoms with Gasteiger partial charge in [0, 0.05) is 29.6 Å². The molecule has 0 unspecified atom stereocenters. The van der Waals surface area contributed by atoms with Crippen molar-refractivity contribution >= 4 is 17.2 Å². The molecule has 0 spiro atoms. The van der Waals surface area contributed by atoms with Crippen LogP contribution in [-0.4, -0.2) is 30.3 Å². The number of fused-ring (bicyclic) bond motifs is 1. The second-order valence-corrected chi connectivity index (χ2v) is 8.43. The number of nitrogens with one attached hydrogen (secondary N) is 1. The lowest BCUT2D eigenvalue weighted by Crippen LogP contribution is -2.20. The average Bonchev–Trinajstić information content (AvgIpc) is 3.35. The van der Waals surface area contributed by atoms with E-state index in [4.69, 9.17) is 0 Å². The van der Waals surface area contributed by atoms with Gasteiger partial charge in [-0.25, -0.2) is 9.50 Å². The normalized spacial score (nSPS) is 12.3. The van der Waals surface area contributed by atoms with Gasteiger partial charge in [0.25, 0.3) is 5.91 Å². The highest BCUT2D eigenvalue weighted by molar-refractivity contribution is 6.03. The van der Waals surface area contributed by atoms with Crippen molar-refractivity contribution in [2.75, 3.05) is 5.32 Å². The number of benzene rings is 1. The number of carbonyl (C=O) groups is 1. The third kappa shape index (κ3) is 4.48. The lowest BCUT2D eigenvalue weighted by atomic mass is 9.91. The van der Waals surface area contributed by atoms with Crippen LogP contribution in [0, 0.1) is 0 Å². The smallest absolute Gasteiger partial charge is 0.321 e. The van der Waals surface area contributed by atoms with Crippen LogP contribution in [0.3, 0.4) is 0 Å². The molecule has 4 rings (SSSR count). The van der Waals surface area contributed by atoms with E-state index < -0.39 is 23.2 Å². The Morgan fingerprint density at radius 1 is 1.09 bits per heavy atom. The minimum atomic E-state index is -4.65. The summed E-state index contributed by atoms with van der Waals surface area (Å²) in [6, 6.07) is 11.2. The second-order valence-electron chi connectivity index (χ2n) is 8.43. The lowest BCUT2D eigenvalue weighted by molar-refractivity contribution is -0.142. The van der Waals surface area contributed by atoms with Gasteiger partial charge in [-0.1, -0.05) is 32.9 Å². The van der Waals surface area contributed by atoms with Crippen LogP contribution in [0.5, 0.6) is 0 Å². The molecule has 1 amide bonds. The Morgan fingerprint density at radius 3 is 2.53 bits per heavy atom. The molecule has 0 bridgehead atoms. The Balaban J connectivity index is 1.64. The standard InChI is InChI=1S/C22H21F3N6O/c1-21(2,3)17-12-18(22(23,24)25)31-19(28-17)11-16(29-31)20(32)27-15-7-4-6-14(10-15)13-30-9-5-8-26-30/h4-12H,13H2,1-3H3,(H,27,32). The van der Waals surface area contributed by atoms with Gasteiger partial charge in [0.2, 0.25) is 0 Å². The monoisotopic (exact) mass is 442 g/mol. The molecule has 0 fully saturated rings. The van der Waals surface area contributed by atoms with Gasteiger partial charge >= 0.3 is 6.18 Å². The molecule has 0 saturated carbocycles. The summed E-state index contributed by atoms with van der Waals surface area (Å²) in [5.74, 6) is -0.628. The molecular weight excluding hydrogens is 421 g/mol. The Morgan fingerprint density at radius 2 is 1.88 bits per heavy atom. The summed E-state index contributed by atoms with van der Waals surface area (Å²) in [5.41, 5.74) is -0.130. The maximum Gasteiger partial charge on any atom is 0.433 e. The molecular formula is C22H21F3N6O. The van der Waals surface area contributed by atoms with Crippen molar-refractivity contribution in [3.05, 3.63) is 77.5 Å². The van der Waals surface area contributed by atoms with Crippen molar-refractivity contribution in [3.8, 4) is 0 Å². The fraction of sp³-hybridized carbons (Fsp3) is 0.273. The van der Waals surface area contributed by atoms with Crippen LogP contribution >= 0.6 is 0 Å². The molecule has 3 aromatic heterocycles. The number of alkyl halides is 3. The van der Waals surface area contributed by atoms with Gasteiger partial charge in [0.1, 0.15) is 5.69 Å². The molecule has 0 saturated heterocycles. The predicted molar refractivity (Wildman–Crippen MR) is 112 cm³/mol. The summed E-state index contributed by atoms with van der Waals surface area (Å²) < 4.78 is 43.3. The molecule has 0 radical (unpaired) electrons. The largest absolute Gasteiger partial charge is 0.433 e. The van der Waals surface area contributed by atoms with Crippen LogP contribution < -0.4 is 5.32 Å². The van der Waals surface area contributed by atoms with Gasteiger partial charge < -0.3 is 5.32 Å². The Hall–Kier alpha value is -3.69. The number of carbonyl (C=O) groups excluding carboxylic acids is 1. The molecule has 1 aromatic carbocycles. The third-order valence-corrected chi connectivity index (χ3v) is 4.81. The maximum atomic E-state index is 13.6. The molecule has 0 aliphatic rings. The SMILES string of the molecule is CC(C)(C)c1cc(C(F)(F)F)n2nc(C(=O)Nc3cccc(Cn4cccn4)c3)cc2n1. The van der Waals surface area contributed by atoms with Gasteiger partial charge in [-0.3, -0.25) is 9.48 Å². The lowest BCUT2D eigenvalue weighted by Gasteiger charge is -2.19. The molecule has 4 aromatic rings. The van der Waals surface area contributed by atoms with E-state index in [1.54, 1.807) is 49.8 Å². The number of amides is 1. The molecule has 0 aliphatic carbocycles. The maximum absolute atomic E-state index is 13.6. The number of halogens is 3. The fourth-order valence-electron chi connectivity index (χ4n) is 3.20. The molecule has 0 atom stereocenters. The average molecular weight is 442 g/mol. The molecule has 7 nitrogen and oxygen atoms in total. The van der Waals surface area contributed by atoms with Gasteiger partial charge in [-0.05, 0) is 29.8 Å². The van der Waals surface area contributed by atoms with Crippen molar-refractivity contribution < 1.29 is 18.0 Å². The summed E-state index contributed by atoms with van der Waals surface area (Å²) in [5, 5.41) is 10.7. The van der Waals surface area contributed by atoms with E-state index in [-0.39, 0.29) is 17.0 Å². The number of anilines is 1. The van der Waals surface area contributed by atoms with Crippen LogP contribution in [0.25, 0.3) is 5.65 Å². The summed E-state index contributed by atoms with van der Waals surface area (Å²) >= 11 is 0. The summed E-state index contributed by atoms with van der Waals surface area (Å²) in [7, 11) is 0. The van der Waals surface area contributed by atoms with Gasteiger partial charge in [-0.15, -0.1) is 0 Å². The minimum Gasteiger partial charge on any atom is -0.321 e. The van der Waals surface area contributed by atoms with Gasteiger partial charge in [0.05, 0.1) is 12.2 Å². The predicted octanol–water partition coefficient (Wildman–Crippen LogP) is 4.54. The first-order chi connectivity index (χ1) is 15.0. The number of aromatic nitrogens is 5. The van der Waals surface area contributed by atoms with Crippen molar-refractivity contribution in [1.29, 1.82) is 0 Å². The van der Waals surface area contributed by atoms with Crippen LogP contribution in [0.2, 0.25) is 0 Å². The van der Waals surface area contributed by atoms with E-state index in [2.05, 4.69) is 20.5 Å². The van der Waals surface area contributed by atoms with Crippen molar-refractivity contribution in [1.82, 2.24) is 24.4 Å². The van der Waals surface area contributed by atoms with Crippen LogP contribution in [0.1, 0.15) is 48.2 Å². The highest BCUT2D eigenvalue weighted by Gasteiger charge is 2.36. The number of hydrogen-bond donors (Lipinski definition) is 1. The van der Waals surface area contributed by atoms with Crippen molar-refractivity contribution in [3.63, 3.8) is 0 Å². The Labute approximate surface area is 181 Å². The van der Waals surface area contributed by atoms with Crippen LogP contribution in [0.4, 0.5) is 18.9 Å². The van der Waals surface area contributed by atoms with Crippen molar-refractivity contribution in [2.24, 2.45) is 0 Å². The topological polar surface area (TPSA) is 77.1 Å². The molecule has 3 heterocycles. The van der Waals surface area contributed by atoms with E-state index >= 15 is 0 Å². The van der Waals surface area contributed by atoms with E-state index in [0.29, 0.717) is 16.7 Å². The van der Waals surface area contributed by atoms with E-state index in [9.17, 15) is 18.0 Å². The number of hydrogen-bond acceptors (Lipinski definition) is 4. The highest BCUT2D eigenvalue weighted by atomic mass is 19.4. The zero-order chi connectivity index (χ0) is 23.1. The minimum absolute atomic E-state index is 0.0395. The molecule has 32 heavy (non-hydrogen) atoms. The fourth-order valence-corrected chi connectivity index (χ4v) is 3.20. The van der Waals surface area contributed by atoms with Gasteiger partial charge in [0.15, 0.2) is 11.3 Å². The first kappa shape index (κ1) is 21.5. The molecule has 0 aliphatic heterocycles.